The van der Waals surface area contributed by atoms with E-state index < -0.39 is 17.7 Å². The minimum absolute atomic E-state index is 0.0201. The van der Waals surface area contributed by atoms with E-state index in [1.54, 1.807) is 67.2 Å². The third-order valence-electron chi connectivity index (χ3n) is 4.73. The number of aliphatic hydroxyl groups is 1. The van der Waals surface area contributed by atoms with Gasteiger partial charge in [-0.25, -0.2) is 9.78 Å². The molecule has 1 aliphatic rings. The first-order valence-corrected chi connectivity index (χ1v) is 9.65. The average Bonchev–Trinajstić information content (AvgIpc) is 3.35. The fourth-order valence-electron chi connectivity index (χ4n) is 3.30. The van der Waals surface area contributed by atoms with Crippen LogP contribution in [0.3, 0.4) is 0 Å². The molecule has 1 saturated heterocycles. The topological polar surface area (TPSA) is 107 Å². The molecule has 1 amide bonds. The number of hydrogen-bond donors (Lipinski definition) is 2. The molecule has 0 aliphatic carbocycles. The number of methoxy groups -OCH3 is 1. The molecule has 1 atom stereocenters. The second-order valence-electron chi connectivity index (χ2n) is 6.43. The summed E-state index contributed by atoms with van der Waals surface area (Å²) in [5, 5.41) is 13.2. The summed E-state index contributed by atoms with van der Waals surface area (Å²) in [6.07, 6.45) is 1.68. The fourth-order valence-corrected chi connectivity index (χ4v) is 4.01. The number of nitrogen functional groups attached to an aromatic ring is 1. The lowest BCUT2D eigenvalue weighted by atomic mass is 9.95. The lowest BCUT2D eigenvalue weighted by Gasteiger charge is -2.17. The van der Waals surface area contributed by atoms with Gasteiger partial charge < -0.3 is 15.6 Å². The number of Topliss-reactive ketones (excluding diaryl/α,β-unsaturated/α-hetero) is 1. The first-order valence-electron chi connectivity index (χ1n) is 8.77. The highest BCUT2D eigenvalue weighted by atomic mass is 32.1. The molecule has 146 valence electrons. The normalized spacial score (nSPS) is 18.2. The maximum absolute atomic E-state index is 12.9. The van der Waals surface area contributed by atoms with Crippen LogP contribution in [0, 0.1) is 0 Å². The van der Waals surface area contributed by atoms with Gasteiger partial charge in [0, 0.05) is 22.2 Å². The maximum atomic E-state index is 12.9. The molecule has 4 rings (SSSR count). The van der Waals surface area contributed by atoms with Crippen molar-refractivity contribution in [2.24, 2.45) is 0 Å². The molecule has 0 spiro atoms. The van der Waals surface area contributed by atoms with Gasteiger partial charge >= 0.3 is 11.0 Å². The van der Waals surface area contributed by atoms with E-state index in [9.17, 15) is 14.7 Å². The summed E-state index contributed by atoms with van der Waals surface area (Å²) < 4.78 is 5.20. The molecule has 1 unspecified atom stereocenters. The highest BCUT2D eigenvalue weighted by Gasteiger charge is 2.53. The Morgan fingerprint density at radius 2 is 1.83 bits per heavy atom. The van der Waals surface area contributed by atoms with Gasteiger partial charge in [0.2, 0.25) is 0 Å². The van der Waals surface area contributed by atoms with Crippen LogP contribution in [0.2, 0.25) is 0 Å². The van der Waals surface area contributed by atoms with E-state index >= 15 is 0 Å². The summed E-state index contributed by atoms with van der Waals surface area (Å²) in [4.78, 5) is 30.2. The fraction of sp³-hybridized carbons (Fsp3) is 0.0952. The van der Waals surface area contributed by atoms with E-state index in [1.807, 2.05) is 0 Å². The lowest BCUT2D eigenvalue weighted by molar-refractivity contribution is -0.357. The van der Waals surface area contributed by atoms with Crippen LogP contribution >= 0.6 is 11.3 Å². The first kappa shape index (κ1) is 18.7. The molecule has 4 N–H and O–H groups in total. The standard InChI is InChI=1S/C21H17N3O4S/c1-28-15-8-4-12(5-9-15)17-16(18(25)13-2-6-14(22)7-3-13)19(26)20(27)24(17)21-23-10-11-29-21/h2-11,17,25H,22H2,1H3/p+1/b18-16-. The van der Waals surface area contributed by atoms with Gasteiger partial charge in [-0.3, -0.25) is 4.79 Å². The number of hydrogen-bond acceptors (Lipinski definition) is 6. The molecule has 0 radical (unpaired) electrons. The number of aromatic nitrogens is 1. The van der Waals surface area contributed by atoms with Gasteiger partial charge in [-0.05, 0) is 36.4 Å². The Morgan fingerprint density at radius 3 is 2.41 bits per heavy atom. The number of nitrogens with zero attached hydrogens (tertiary/aromatic N) is 1. The van der Waals surface area contributed by atoms with Gasteiger partial charge in [0.05, 0.1) is 18.9 Å². The zero-order chi connectivity index (χ0) is 20.5. The number of carbonyl (C=O) groups is 2. The number of benzene rings is 2. The first-order chi connectivity index (χ1) is 14.0. The summed E-state index contributed by atoms with van der Waals surface area (Å²) in [6.45, 7) is 0. The highest BCUT2D eigenvalue weighted by Crippen LogP contribution is 2.42. The molecule has 1 aromatic heterocycles. The average molecular weight is 408 g/mol. The van der Waals surface area contributed by atoms with Crippen LogP contribution in [0.1, 0.15) is 17.2 Å². The van der Waals surface area contributed by atoms with Crippen molar-refractivity contribution in [1.29, 1.82) is 0 Å². The largest absolute Gasteiger partial charge is 0.507 e. The monoisotopic (exact) mass is 408 g/mol. The second-order valence-corrected chi connectivity index (χ2v) is 7.33. The summed E-state index contributed by atoms with van der Waals surface area (Å²) in [7, 11) is 1.56. The molecule has 29 heavy (non-hydrogen) atoms. The number of thiazole rings is 1. The van der Waals surface area contributed by atoms with Gasteiger partial charge in [0.25, 0.3) is 5.78 Å². The minimum atomic E-state index is -0.784. The Bertz CT molecular complexity index is 1090. The molecule has 0 bridgehead atoms. The van der Waals surface area contributed by atoms with Crippen LogP contribution in [-0.2, 0) is 9.59 Å². The molecular weight excluding hydrogens is 390 g/mol. The Morgan fingerprint density at radius 1 is 1.14 bits per heavy atom. The molecule has 1 fully saturated rings. The number of amides is 1. The van der Waals surface area contributed by atoms with E-state index in [1.165, 1.54) is 16.2 Å². The van der Waals surface area contributed by atoms with Crippen LogP contribution < -0.4 is 20.4 Å². The van der Waals surface area contributed by atoms with Gasteiger partial charge in [0.15, 0.2) is 6.04 Å². The number of ether oxygens (including phenoxy) is 1. The summed E-state index contributed by atoms with van der Waals surface area (Å²) in [6, 6.07) is 12.7. The van der Waals surface area contributed by atoms with E-state index in [0.717, 1.165) is 0 Å². The molecule has 7 nitrogen and oxygen atoms in total. The van der Waals surface area contributed by atoms with E-state index in [2.05, 4.69) is 4.98 Å². The van der Waals surface area contributed by atoms with E-state index in [-0.39, 0.29) is 11.3 Å². The highest BCUT2D eigenvalue weighted by molar-refractivity contribution is 7.13. The van der Waals surface area contributed by atoms with Crippen molar-refractivity contribution in [3.63, 3.8) is 0 Å². The van der Waals surface area contributed by atoms with Crippen LogP contribution in [0.4, 0.5) is 10.8 Å². The third kappa shape index (κ3) is 3.23. The van der Waals surface area contributed by atoms with Crippen LogP contribution in [0.15, 0.2) is 65.7 Å². The number of carbonyl (C=O) groups excluding carboxylic acids is 2. The van der Waals surface area contributed by atoms with Gasteiger partial charge in [-0.15, -0.1) is 0 Å². The molecule has 2 heterocycles. The van der Waals surface area contributed by atoms with Crippen LogP contribution in [-0.4, -0.2) is 23.9 Å². The van der Waals surface area contributed by atoms with Crippen LogP contribution in [0.5, 0.6) is 5.75 Å². The van der Waals surface area contributed by atoms with Gasteiger partial charge in [0.1, 0.15) is 11.5 Å². The SMILES string of the molecule is COc1ccc(C2/C(=C(/O)c3ccc(N)cc3)C(=O)C(=O)N2c2[nH+]ccs2)cc1. The van der Waals surface area contributed by atoms with Crippen molar-refractivity contribution < 1.29 is 24.4 Å². The van der Waals surface area contributed by atoms with Crippen molar-refractivity contribution in [2.45, 2.75) is 6.04 Å². The minimum Gasteiger partial charge on any atom is -0.507 e. The number of nitrogens with one attached hydrogen (secondary N) is 1. The predicted molar refractivity (Wildman–Crippen MR) is 110 cm³/mol. The Balaban J connectivity index is 1.91. The summed E-state index contributed by atoms with van der Waals surface area (Å²) >= 11 is 1.30. The van der Waals surface area contributed by atoms with Crippen molar-refractivity contribution in [3.8, 4) is 5.75 Å². The van der Waals surface area contributed by atoms with Gasteiger partial charge in [-0.2, -0.15) is 4.90 Å². The molecule has 2 aromatic carbocycles. The zero-order valence-electron chi connectivity index (χ0n) is 15.5. The van der Waals surface area contributed by atoms with Crippen molar-refractivity contribution in [3.05, 3.63) is 76.8 Å². The smallest absolute Gasteiger partial charge is 0.383 e. The Labute approximate surface area is 170 Å². The van der Waals surface area contributed by atoms with Crippen molar-refractivity contribution in [2.75, 3.05) is 17.7 Å². The molecule has 0 saturated carbocycles. The number of anilines is 2. The summed E-state index contributed by atoms with van der Waals surface area (Å²) in [5.74, 6) is -1.06. The van der Waals surface area contributed by atoms with Gasteiger partial charge in [-0.1, -0.05) is 23.5 Å². The Kier molecular flexibility index (Phi) is 4.77. The number of H-pyrrole nitrogens is 1. The molecule has 8 heteroatoms. The number of aromatic amines is 1. The quantitative estimate of drug-likeness (QED) is 0.299. The molecule has 1 aliphatic heterocycles. The van der Waals surface area contributed by atoms with E-state index in [0.29, 0.717) is 27.7 Å². The van der Waals surface area contributed by atoms with Crippen molar-refractivity contribution >= 4 is 39.6 Å². The second kappa shape index (κ2) is 7.40. The number of rotatable bonds is 4. The lowest BCUT2D eigenvalue weighted by Crippen LogP contribution is -2.32. The summed E-state index contributed by atoms with van der Waals surface area (Å²) in [5.41, 5.74) is 7.35. The van der Waals surface area contributed by atoms with Crippen molar-refractivity contribution in [1.82, 2.24) is 0 Å². The third-order valence-corrected chi connectivity index (χ3v) is 5.54. The number of aliphatic hydroxyl groups excluding tert-OH is 1. The molecular formula is C21H18N3O4S+. The Hall–Kier alpha value is -3.65. The number of ketones is 1. The van der Waals surface area contributed by atoms with E-state index in [4.69, 9.17) is 10.5 Å². The zero-order valence-corrected chi connectivity index (χ0v) is 16.3. The maximum Gasteiger partial charge on any atom is 0.383 e. The number of nitrogens with two attached hydrogens (primary N) is 1. The molecule has 3 aromatic rings. The predicted octanol–water partition coefficient (Wildman–Crippen LogP) is 2.78. The van der Waals surface area contributed by atoms with Crippen LogP contribution in [0.25, 0.3) is 5.76 Å².